The summed E-state index contributed by atoms with van der Waals surface area (Å²) in [6, 6.07) is 24.4. The van der Waals surface area contributed by atoms with Crippen molar-refractivity contribution in [2.45, 2.75) is 26.2 Å². The predicted octanol–water partition coefficient (Wildman–Crippen LogP) is 5.70. The number of aromatic nitrogens is 2. The molecule has 0 aliphatic rings. The van der Waals surface area contributed by atoms with E-state index in [1.807, 2.05) is 49.4 Å². The normalized spacial score (nSPS) is 11.6. The number of hydrogen-bond acceptors (Lipinski definition) is 5. The van der Waals surface area contributed by atoms with Crippen LogP contribution in [0.2, 0.25) is 0 Å². The van der Waals surface area contributed by atoms with Crippen LogP contribution in [0.1, 0.15) is 49.7 Å². The van der Waals surface area contributed by atoms with Crippen molar-refractivity contribution in [3.05, 3.63) is 106 Å². The molecule has 33 heavy (non-hydrogen) atoms. The second-order valence-corrected chi connectivity index (χ2v) is 8.88. The van der Waals surface area contributed by atoms with Crippen LogP contribution in [0, 0.1) is 6.92 Å². The molecule has 0 saturated carbocycles. The molecule has 6 nitrogen and oxygen atoms in total. The summed E-state index contributed by atoms with van der Waals surface area (Å²) in [5.41, 5.74) is 3.68. The highest BCUT2D eigenvalue weighted by Crippen LogP contribution is 2.25. The maximum atomic E-state index is 12.8. The molecule has 0 spiro atoms. The van der Waals surface area contributed by atoms with Crippen LogP contribution in [-0.4, -0.2) is 22.0 Å². The van der Waals surface area contributed by atoms with Crippen LogP contribution in [-0.2, 0) is 6.42 Å². The summed E-state index contributed by atoms with van der Waals surface area (Å²) >= 11 is 1.37. The molecule has 1 heterocycles. The zero-order chi connectivity index (χ0) is 23.2. The quantitative estimate of drug-likeness (QED) is 0.374. The van der Waals surface area contributed by atoms with Gasteiger partial charge in [-0.2, -0.15) is 0 Å². The molecule has 0 fully saturated rings. The van der Waals surface area contributed by atoms with Gasteiger partial charge in [0.15, 0.2) is 0 Å². The first-order chi connectivity index (χ1) is 16.0. The largest absolute Gasteiger partial charge is 0.322 e. The van der Waals surface area contributed by atoms with Gasteiger partial charge in [-0.25, -0.2) is 0 Å². The van der Waals surface area contributed by atoms with Crippen molar-refractivity contribution in [3.63, 3.8) is 0 Å². The first kappa shape index (κ1) is 22.4. The summed E-state index contributed by atoms with van der Waals surface area (Å²) in [6.45, 7) is 4.03. The van der Waals surface area contributed by atoms with Gasteiger partial charge >= 0.3 is 0 Å². The van der Waals surface area contributed by atoms with E-state index in [0.717, 1.165) is 17.0 Å². The fraction of sp³-hybridized carbons (Fsp3) is 0.154. The number of amides is 2. The molecule has 166 valence electrons. The molecule has 1 aromatic heterocycles. The van der Waals surface area contributed by atoms with Crippen molar-refractivity contribution in [1.29, 1.82) is 0 Å². The summed E-state index contributed by atoms with van der Waals surface area (Å²) in [5.74, 6) is -0.225. The third-order valence-electron chi connectivity index (χ3n) is 5.32. The van der Waals surface area contributed by atoms with Gasteiger partial charge in [-0.3, -0.25) is 14.9 Å². The minimum atomic E-state index is -0.302. The topological polar surface area (TPSA) is 84.0 Å². The van der Waals surface area contributed by atoms with Gasteiger partial charge in [0.2, 0.25) is 5.13 Å². The van der Waals surface area contributed by atoms with E-state index in [9.17, 15) is 9.59 Å². The van der Waals surface area contributed by atoms with Gasteiger partial charge in [0, 0.05) is 23.2 Å². The van der Waals surface area contributed by atoms with Crippen LogP contribution < -0.4 is 10.6 Å². The molecule has 7 heteroatoms. The lowest BCUT2D eigenvalue weighted by atomic mass is 9.98. The van der Waals surface area contributed by atoms with Gasteiger partial charge < -0.3 is 5.32 Å². The number of aryl methyl sites for hydroxylation is 1. The van der Waals surface area contributed by atoms with E-state index < -0.39 is 0 Å². The third kappa shape index (κ3) is 5.70. The molecular weight excluding hydrogens is 432 g/mol. The van der Waals surface area contributed by atoms with Crippen molar-refractivity contribution in [2.24, 2.45) is 0 Å². The Bertz CT molecular complexity index is 1260. The SMILES string of the molecule is Cc1ccc(C(=O)Nc2nnc(CC(C)c3ccccc3)s2)cc1NC(=O)c1ccccc1. The second-order valence-electron chi connectivity index (χ2n) is 7.82. The Morgan fingerprint density at radius 1 is 0.848 bits per heavy atom. The molecule has 0 bridgehead atoms. The van der Waals surface area contributed by atoms with E-state index in [1.165, 1.54) is 16.9 Å². The van der Waals surface area contributed by atoms with Gasteiger partial charge in [0.05, 0.1) is 0 Å². The monoisotopic (exact) mass is 456 g/mol. The number of carbonyl (C=O) groups excluding carboxylic acids is 2. The molecule has 2 N–H and O–H groups in total. The van der Waals surface area contributed by atoms with E-state index in [2.05, 4.69) is 39.9 Å². The smallest absolute Gasteiger partial charge is 0.257 e. The van der Waals surface area contributed by atoms with Crippen molar-refractivity contribution in [3.8, 4) is 0 Å². The van der Waals surface area contributed by atoms with Crippen LogP contribution in [0.5, 0.6) is 0 Å². The number of carbonyl (C=O) groups is 2. The lowest BCUT2D eigenvalue weighted by molar-refractivity contribution is 0.101. The van der Waals surface area contributed by atoms with Crippen LogP contribution in [0.3, 0.4) is 0 Å². The van der Waals surface area contributed by atoms with Gasteiger partial charge in [-0.15, -0.1) is 10.2 Å². The van der Waals surface area contributed by atoms with Crippen molar-refractivity contribution < 1.29 is 9.59 Å². The zero-order valence-electron chi connectivity index (χ0n) is 18.4. The van der Waals surface area contributed by atoms with Crippen LogP contribution >= 0.6 is 11.3 Å². The van der Waals surface area contributed by atoms with Crippen molar-refractivity contribution >= 4 is 34.0 Å². The minimum absolute atomic E-state index is 0.224. The number of nitrogens with one attached hydrogen (secondary N) is 2. The molecule has 0 saturated heterocycles. The third-order valence-corrected chi connectivity index (χ3v) is 6.18. The number of hydrogen-bond donors (Lipinski definition) is 2. The summed E-state index contributed by atoms with van der Waals surface area (Å²) in [6.07, 6.45) is 0.748. The molecule has 2 amide bonds. The maximum absolute atomic E-state index is 12.8. The summed E-state index contributed by atoms with van der Waals surface area (Å²) in [4.78, 5) is 25.3. The van der Waals surface area contributed by atoms with Crippen molar-refractivity contribution in [1.82, 2.24) is 10.2 Å². The Morgan fingerprint density at radius 3 is 2.24 bits per heavy atom. The molecule has 1 unspecified atom stereocenters. The standard InChI is InChI=1S/C26H24N4O2S/c1-17-13-14-21(16-22(17)27-24(31)20-11-7-4-8-12-20)25(32)28-26-30-29-23(33-26)15-18(2)19-9-5-3-6-10-19/h3-14,16,18H,15H2,1-2H3,(H,27,31)(H,28,30,32). The average molecular weight is 457 g/mol. The molecule has 3 aromatic carbocycles. The predicted molar refractivity (Wildman–Crippen MR) is 132 cm³/mol. The number of benzene rings is 3. The van der Waals surface area contributed by atoms with Gasteiger partial charge in [0.25, 0.3) is 11.8 Å². The minimum Gasteiger partial charge on any atom is -0.322 e. The Kier molecular flexibility index (Phi) is 6.90. The highest BCUT2D eigenvalue weighted by molar-refractivity contribution is 7.15. The van der Waals surface area contributed by atoms with E-state index in [1.54, 1.807) is 24.3 Å². The van der Waals surface area contributed by atoms with E-state index in [0.29, 0.717) is 27.9 Å². The fourth-order valence-electron chi connectivity index (χ4n) is 3.40. The summed E-state index contributed by atoms with van der Waals surface area (Å²) in [7, 11) is 0. The molecule has 0 radical (unpaired) electrons. The highest BCUT2D eigenvalue weighted by atomic mass is 32.1. The summed E-state index contributed by atoms with van der Waals surface area (Å²) < 4.78 is 0. The van der Waals surface area contributed by atoms with E-state index in [4.69, 9.17) is 0 Å². The van der Waals surface area contributed by atoms with Gasteiger partial charge in [-0.05, 0) is 48.2 Å². The lowest BCUT2D eigenvalue weighted by Gasteiger charge is -2.10. The molecule has 0 aliphatic carbocycles. The highest BCUT2D eigenvalue weighted by Gasteiger charge is 2.15. The molecule has 4 rings (SSSR count). The maximum Gasteiger partial charge on any atom is 0.257 e. The fourth-order valence-corrected chi connectivity index (χ4v) is 4.26. The first-order valence-corrected chi connectivity index (χ1v) is 11.5. The zero-order valence-corrected chi connectivity index (χ0v) is 19.2. The molecular formula is C26H24N4O2S. The van der Waals surface area contributed by atoms with Crippen LogP contribution in [0.4, 0.5) is 10.8 Å². The Labute approximate surface area is 196 Å². The lowest BCUT2D eigenvalue weighted by Crippen LogP contribution is -2.15. The average Bonchev–Trinajstić information content (AvgIpc) is 3.28. The van der Waals surface area contributed by atoms with E-state index >= 15 is 0 Å². The Hall–Kier alpha value is -3.84. The second kappa shape index (κ2) is 10.2. The van der Waals surface area contributed by atoms with Gasteiger partial charge in [-0.1, -0.05) is 72.9 Å². The summed E-state index contributed by atoms with van der Waals surface area (Å²) in [5, 5.41) is 15.4. The molecule has 0 aliphatic heterocycles. The van der Waals surface area contributed by atoms with E-state index in [-0.39, 0.29) is 11.8 Å². The first-order valence-electron chi connectivity index (χ1n) is 10.7. The van der Waals surface area contributed by atoms with Crippen LogP contribution in [0.15, 0.2) is 78.9 Å². The number of rotatable bonds is 7. The molecule has 4 aromatic rings. The Morgan fingerprint density at radius 2 is 1.52 bits per heavy atom. The van der Waals surface area contributed by atoms with Crippen LogP contribution in [0.25, 0.3) is 0 Å². The van der Waals surface area contributed by atoms with Crippen molar-refractivity contribution in [2.75, 3.05) is 10.6 Å². The number of anilines is 2. The number of nitrogens with zero attached hydrogens (tertiary/aromatic N) is 2. The molecule has 1 atom stereocenters. The Balaban J connectivity index is 1.42. The van der Waals surface area contributed by atoms with Gasteiger partial charge in [0.1, 0.15) is 5.01 Å².